The average molecular weight is 176 g/mol. The van der Waals surface area contributed by atoms with Crippen molar-refractivity contribution in [2.24, 2.45) is 0 Å². The molecule has 0 amide bonds. The van der Waals surface area contributed by atoms with E-state index in [9.17, 15) is 0 Å². The van der Waals surface area contributed by atoms with Crippen molar-refractivity contribution in [2.75, 3.05) is 12.4 Å². The molecule has 11 heavy (non-hydrogen) atoms. The molecule has 1 atom stereocenters. The van der Waals surface area contributed by atoms with E-state index in [1.54, 1.807) is 0 Å². The van der Waals surface area contributed by atoms with Crippen molar-refractivity contribution in [3.63, 3.8) is 0 Å². The number of rotatable bonds is 7. The van der Waals surface area contributed by atoms with Crippen LogP contribution in [0.1, 0.15) is 39.5 Å². The van der Waals surface area contributed by atoms with E-state index in [0.717, 1.165) is 18.8 Å². The van der Waals surface area contributed by atoms with Gasteiger partial charge in [-0.05, 0) is 31.9 Å². The van der Waals surface area contributed by atoms with Crippen molar-refractivity contribution in [1.29, 1.82) is 0 Å². The summed E-state index contributed by atoms with van der Waals surface area (Å²) in [6.45, 7) is 5.24. The fraction of sp³-hybridized carbons (Fsp3) is 1.00. The summed E-state index contributed by atoms with van der Waals surface area (Å²) in [5, 5.41) is 0. The Labute approximate surface area is 75.9 Å². The van der Waals surface area contributed by atoms with E-state index in [0.29, 0.717) is 6.10 Å². The molecule has 0 aromatic carbocycles. The van der Waals surface area contributed by atoms with Gasteiger partial charge in [0.15, 0.2) is 0 Å². The molecule has 0 aromatic rings. The maximum Gasteiger partial charge on any atom is 0.0546 e. The quantitative estimate of drug-likeness (QED) is 0.463. The third-order valence-electron chi connectivity index (χ3n) is 1.65. The third-order valence-corrected chi connectivity index (χ3v) is 1.97. The number of unbranched alkanes of at least 4 members (excludes halogenated alkanes) is 1. The highest BCUT2D eigenvalue weighted by Gasteiger charge is 1.98. The number of hydrogen-bond acceptors (Lipinski definition) is 2. The monoisotopic (exact) mass is 176 g/mol. The molecule has 0 radical (unpaired) electrons. The Hall–Kier alpha value is 0.310. The fourth-order valence-corrected chi connectivity index (χ4v) is 1.21. The molecular weight excluding hydrogens is 156 g/mol. The predicted molar refractivity (Wildman–Crippen MR) is 53.4 cm³/mol. The summed E-state index contributed by atoms with van der Waals surface area (Å²) in [5.41, 5.74) is 0. The molecule has 0 N–H and O–H groups in total. The van der Waals surface area contributed by atoms with Crippen LogP contribution in [0.25, 0.3) is 0 Å². The first-order valence-corrected chi connectivity index (χ1v) is 5.17. The Morgan fingerprint density at radius 1 is 1.36 bits per heavy atom. The number of ether oxygens (including phenoxy) is 1. The summed E-state index contributed by atoms with van der Waals surface area (Å²) >= 11 is 4.13. The highest BCUT2D eigenvalue weighted by atomic mass is 32.1. The second kappa shape index (κ2) is 8.41. The highest BCUT2D eigenvalue weighted by molar-refractivity contribution is 7.80. The van der Waals surface area contributed by atoms with Crippen molar-refractivity contribution < 1.29 is 4.74 Å². The van der Waals surface area contributed by atoms with Crippen LogP contribution in [0.4, 0.5) is 0 Å². The first-order valence-electron chi connectivity index (χ1n) is 4.53. The Kier molecular flexibility index (Phi) is 8.64. The van der Waals surface area contributed by atoms with Gasteiger partial charge in [0.25, 0.3) is 0 Å². The maximum absolute atomic E-state index is 5.55. The SMILES string of the molecule is CCCC(C)OCCCCS. The Bertz CT molecular complexity index is 76.0. The van der Waals surface area contributed by atoms with Crippen LogP contribution in [-0.2, 0) is 4.74 Å². The van der Waals surface area contributed by atoms with Gasteiger partial charge in [-0.25, -0.2) is 0 Å². The van der Waals surface area contributed by atoms with Gasteiger partial charge in [-0.2, -0.15) is 12.6 Å². The van der Waals surface area contributed by atoms with Crippen molar-refractivity contribution >= 4 is 12.6 Å². The minimum atomic E-state index is 0.444. The maximum atomic E-state index is 5.55. The van der Waals surface area contributed by atoms with Gasteiger partial charge in [0.05, 0.1) is 6.10 Å². The molecule has 2 heteroatoms. The standard InChI is InChI=1S/C9H20OS/c1-3-6-9(2)10-7-4-5-8-11/h9,11H,3-8H2,1-2H3. The molecular formula is C9H20OS. The summed E-state index contributed by atoms with van der Waals surface area (Å²) in [4.78, 5) is 0. The Balaban J connectivity index is 2.97. The average Bonchev–Trinajstić information content (AvgIpc) is 1.99. The molecule has 68 valence electrons. The van der Waals surface area contributed by atoms with E-state index < -0.39 is 0 Å². The summed E-state index contributed by atoms with van der Waals surface area (Å²) in [6.07, 6.45) is 5.16. The van der Waals surface area contributed by atoms with Crippen LogP contribution in [0.15, 0.2) is 0 Å². The molecule has 0 aliphatic heterocycles. The van der Waals surface area contributed by atoms with Gasteiger partial charge in [0.1, 0.15) is 0 Å². The van der Waals surface area contributed by atoms with Crippen molar-refractivity contribution in [3.05, 3.63) is 0 Å². The molecule has 0 spiro atoms. The topological polar surface area (TPSA) is 9.23 Å². The van der Waals surface area contributed by atoms with E-state index in [1.165, 1.54) is 19.3 Å². The minimum Gasteiger partial charge on any atom is -0.379 e. The minimum absolute atomic E-state index is 0.444. The van der Waals surface area contributed by atoms with Gasteiger partial charge in [-0.3, -0.25) is 0 Å². The zero-order chi connectivity index (χ0) is 8.53. The Morgan fingerprint density at radius 2 is 2.09 bits per heavy atom. The zero-order valence-corrected chi connectivity index (χ0v) is 8.57. The van der Waals surface area contributed by atoms with Crippen LogP contribution in [0, 0.1) is 0 Å². The third kappa shape index (κ3) is 8.21. The molecule has 0 aliphatic carbocycles. The van der Waals surface area contributed by atoms with Crippen LogP contribution in [0.2, 0.25) is 0 Å². The Morgan fingerprint density at radius 3 is 2.64 bits per heavy atom. The number of thiol groups is 1. The molecule has 1 unspecified atom stereocenters. The van der Waals surface area contributed by atoms with E-state index in [-0.39, 0.29) is 0 Å². The van der Waals surface area contributed by atoms with E-state index in [1.807, 2.05) is 0 Å². The van der Waals surface area contributed by atoms with Crippen LogP contribution < -0.4 is 0 Å². The molecule has 0 saturated heterocycles. The fourth-order valence-electron chi connectivity index (χ4n) is 0.988. The first-order chi connectivity index (χ1) is 5.31. The van der Waals surface area contributed by atoms with E-state index in [2.05, 4.69) is 26.5 Å². The van der Waals surface area contributed by atoms with Crippen molar-refractivity contribution in [2.45, 2.75) is 45.6 Å². The smallest absolute Gasteiger partial charge is 0.0546 e. The lowest BCUT2D eigenvalue weighted by Gasteiger charge is -2.10. The van der Waals surface area contributed by atoms with Crippen molar-refractivity contribution in [1.82, 2.24) is 0 Å². The van der Waals surface area contributed by atoms with E-state index in [4.69, 9.17) is 4.74 Å². The van der Waals surface area contributed by atoms with Crippen LogP contribution in [0.3, 0.4) is 0 Å². The number of hydrogen-bond donors (Lipinski definition) is 1. The van der Waals surface area contributed by atoms with Gasteiger partial charge in [0, 0.05) is 6.61 Å². The normalized spacial score (nSPS) is 13.4. The van der Waals surface area contributed by atoms with Gasteiger partial charge in [-0.15, -0.1) is 0 Å². The summed E-state index contributed by atoms with van der Waals surface area (Å²) in [7, 11) is 0. The lowest BCUT2D eigenvalue weighted by Crippen LogP contribution is -2.08. The molecule has 0 fully saturated rings. The zero-order valence-electron chi connectivity index (χ0n) is 7.68. The molecule has 0 bridgehead atoms. The molecule has 1 nitrogen and oxygen atoms in total. The second-order valence-corrected chi connectivity index (χ2v) is 3.35. The molecule has 0 rings (SSSR count). The lowest BCUT2D eigenvalue weighted by molar-refractivity contribution is 0.0580. The summed E-state index contributed by atoms with van der Waals surface area (Å²) < 4.78 is 5.55. The molecule has 0 aromatic heterocycles. The predicted octanol–water partition coefficient (Wildman–Crippen LogP) is 2.90. The molecule has 0 heterocycles. The van der Waals surface area contributed by atoms with Crippen molar-refractivity contribution in [3.8, 4) is 0 Å². The van der Waals surface area contributed by atoms with Gasteiger partial charge < -0.3 is 4.74 Å². The largest absolute Gasteiger partial charge is 0.379 e. The molecule has 0 saturated carbocycles. The second-order valence-electron chi connectivity index (χ2n) is 2.90. The lowest BCUT2D eigenvalue weighted by atomic mass is 10.2. The molecule has 0 aliphatic rings. The van der Waals surface area contributed by atoms with Gasteiger partial charge in [-0.1, -0.05) is 13.3 Å². The summed E-state index contributed by atoms with van der Waals surface area (Å²) in [6, 6.07) is 0. The van der Waals surface area contributed by atoms with Gasteiger partial charge >= 0.3 is 0 Å². The highest BCUT2D eigenvalue weighted by Crippen LogP contribution is 2.02. The summed E-state index contributed by atoms with van der Waals surface area (Å²) in [5.74, 6) is 0.978. The van der Waals surface area contributed by atoms with Gasteiger partial charge in [0.2, 0.25) is 0 Å². The van der Waals surface area contributed by atoms with E-state index >= 15 is 0 Å². The van der Waals surface area contributed by atoms with Crippen LogP contribution in [0.5, 0.6) is 0 Å². The van der Waals surface area contributed by atoms with Crippen LogP contribution >= 0.6 is 12.6 Å². The first kappa shape index (κ1) is 11.3. The van der Waals surface area contributed by atoms with Crippen LogP contribution in [-0.4, -0.2) is 18.5 Å².